The second kappa shape index (κ2) is 10.3. The Morgan fingerprint density at radius 3 is 2.81 bits per heavy atom. The lowest BCUT2D eigenvalue weighted by molar-refractivity contribution is 0.340. The Bertz CT molecular complexity index is 843. The van der Waals surface area contributed by atoms with Crippen molar-refractivity contribution in [3.05, 3.63) is 59.1 Å². The average molecular weight is 404 g/mol. The quantitative estimate of drug-likeness (QED) is 0.408. The van der Waals surface area contributed by atoms with Crippen LogP contribution in [-0.2, 0) is 6.54 Å². The number of benzene rings is 2. The molecule has 1 aromatic heterocycles. The zero-order valence-electron chi connectivity index (χ0n) is 15.1. The third-order valence-corrected chi connectivity index (χ3v) is 5.10. The van der Waals surface area contributed by atoms with Gasteiger partial charge in [0.15, 0.2) is 0 Å². The molecule has 0 amide bonds. The number of nitrogens with one attached hydrogen (secondary N) is 1. The van der Waals surface area contributed by atoms with Crippen LogP contribution in [0.25, 0.3) is 5.69 Å². The number of aromatic nitrogens is 4. The number of hydrogen-bond acceptors (Lipinski definition) is 6. The van der Waals surface area contributed by atoms with Gasteiger partial charge in [-0.25, -0.2) is 0 Å². The first-order chi connectivity index (χ1) is 13.3. The van der Waals surface area contributed by atoms with Crippen molar-refractivity contribution in [3.63, 3.8) is 0 Å². The predicted molar refractivity (Wildman–Crippen MR) is 109 cm³/mol. The fourth-order valence-corrected chi connectivity index (χ4v) is 3.61. The molecule has 0 saturated carbocycles. The summed E-state index contributed by atoms with van der Waals surface area (Å²) in [5, 5.41) is 16.9. The summed E-state index contributed by atoms with van der Waals surface area (Å²) in [7, 11) is 0. The molecule has 3 aromatic rings. The fraction of sp³-hybridized carbons (Fsp3) is 0.316. The van der Waals surface area contributed by atoms with Gasteiger partial charge in [0.2, 0.25) is 5.16 Å². The first-order valence-electron chi connectivity index (χ1n) is 8.86. The van der Waals surface area contributed by atoms with Gasteiger partial charge < -0.3 is 10.1 Å². The van der Waals surface area contributed by atoms with Crippen LogP contribution in [0, 0.1) is 0 Å². The second-order valence-electron chi connectivity index (χ2n) is 5.79. The molecule has 0 fully saturated rings. The van der Waals surface area contributed by atoms with Crippen LogP contribution in [0.1, 0.15) is 18.9 Å². The van der Waals surface area contributed by atoms with Crippen LogP contribution >= 0.6 is 23.4 Å². The summed E-state index contributed by atoms with van der Waals surface area (Å²) >= 11 is 7.87. The maximum atomic E-state index is 6.22. The summed E-state index contributed by atoms with van der Waals surface area (Å²) in [5.41, 5.74) is 2.11. The van der Waals surface area contributed by atoms with E-state index in [0.29, 0.717) is 11.6 Å². The van der Waals surface area contributed by atoms with Gasteiger partial charge in [0, 0.05) is 12.3 Å². The van der Waals surface area contributed by atoms with E-state index >= 15 is 0 Å². The molecule has 0 aliphatic carbocycles. The first kappa shape index (κ1) is 19.7. The molecule has 0 unspecified atom stereocenters. The van der Waals surface area contributed by atoms with Gasteiger partial charge in [0.25, 0.3) is 0 Å². The summed E-state index contributed by atoms with van der Waals surface area (Å²) < 4.78 is 7.22. The van der Waals surface area contributed by atoms with Crippen molar-refractivity contribution in [2.24, 2.45) is 0 Å². The first-order valence-corrected chi connectivity index (χ1v) is 10.2. The van der Waals surface area contributed by atoms with Crippen LogP contribution in [0.2, 0.25) is 5.02 Å². The van der Waals surface area contributed by atoms with Gasteiger partial charge in [-0.2, -0.15) is 4.68 Å². The molecule has 8 heteroatoms. The molecular formula is C19H22ClN5OS. The van der Waals surface area contributed by atoms with E-state index in [1.165, 1.54) is 0 Å². The number of thioether (sulfide) groups is 1. The molecule has 0 aliphatic heterocycles. The number of nitrogens with zero attached hydrogens (tertiary/aromatic N) is 4. The van der Waals surface area contributed by atoms with Gasteiger partial charge in [0.1, 0.15) is 5.75 Å². The highest BCUT2D eigenvalue weighted by Gasteiger charge is 2.08. The van der Waals surface area contributed by atoms with Crippen LogP contribution in [0.15, 0.2) is 53.7 Å². The predicted octanol–water partition coefficient (Wildman–Crippen LogP) is 3.99. The van der Waals surface area contributed by atoms with E-state index in [9.17, 15) is 0 Å². The maximum absolute atomic E-state index is 6.22. The second-order valence-corrected chi connectivity index (χ2v) is 7.25. The number of rotatable bonds is 10. The Morgan fingerprint density at radius 1 is 1.19 bits per heavy atom. The molecule has 3 rings (SSSR count). The molecule has 6 nitrogen and oxygen atoms in total. The van der Waals surface area contributed by atoms with Crippen LogP contribution < -0.4 is 10.1 Å². The SMILES string of the molecule is CCOc1ccc(CNCCCSc2nnnn2-c2ccccc2)cc1Cl. The van der Waals surface area contributed by atoms with Gasteiger partial charge in [-0.3, -0.25) is 0 Å². The van der Waals surface area contributed by atoms with E-state index in [4.69, 9.17) is 16.3 Å². The Labute approximate surface area is 168 Å². The minimum atomic E-state index is 0.614. The van der Waals surface area contributed by atoms with E-state index in [0.717, 1.165) is 47.4 Å². The van der Waals surface area contributed by atoms with Crippen LogP contribution in [-0.4, -0.2) is 39.1 Å². The average Bonchev–Trinajstić information content (AvgIpc) is 3.16. The van der Waals surface area contributed by atoms with Gasteiger partial charge in [0.05, 0.1) is 17.3 Å². The molecule has 0 atom stereocenters. The van der Waals surface area contributed by atoms with Crippen LogP contribution in [0.3, 0.4) is 0 Å². The minimum Gasteiger partial charge on any atom is -0.492 e. The Kier molecular flexibility index (Phi) is 7.50. The summed E-state index contributed by atoms with van der Waals surface area (Å²) in [6.45, 7) is 4.24. The Morgan fingerprint density at radius 2 is 2.04 bits per heavy atom. The monoisotopic (exact) mass is 403 g/mol. The lowest BCUT2D eigenvalue weighted by Gasteiger charge is -2.09. The Balaban J connectivity index is 1.39. The molecule has 142 valence electrons. The van der Waals surface area contributed by atoms with E-state index in [-0.39, 0.29) is 0 Å². The van der Waals surface area contributed by atoms with Crippen molar-refractivity contribution in [1.82, 2.24) is 25.5 Å². The van der Waals surface area contributed by atoms with E-state index in [1.807, 2.05) is 55.5 Å². The number of ether oxygens (including phenoxy) is 1. The van der Waals surface area contributed by atoms with Crippen molar-refractivity contribution in [1.29, 1.82) is 0 Å². The third-order valence-electron chi connectivity index (χ3n) is 3.80. The minimum absolute atomic E-state index is 0.614. The zero-order chi connectivity index (χ0) is 18.9. The maximum Gasteiger partial charge on any atom is 0.214 e. The normalized spacial score (nSPS) is 10.9. The highest BCUT2D eigenvalue weighted by molar-refractivity contribution is 7.99. The molecule has 0 bridgehead atoms. The van der Waals surface area contributed by atoms with Crippen molar-refractivity contribution >= 4 is 23.4 Å². The molecule has 0 radical (unpaired) electrons. The third kappa shape index (κ3) is 5.69. The Hall–Kier alpha value is -2.09. The molecule has 27 heavy (non-hydrogen) atoms. The number of hydrogen-bond donors (Lipinski definition) is 1. The lowest BCUT2D eigenvalue weighted by atomic mass is 10.2. The topological polar surface area (TPSA) is 64.9 Å². The van der Waals surface area contributed by atoms with Crippen molar-refractivity contribution in [2.75, 3.05) is 18.9 Å². The standard InChI is InChI=1S/C19H22ClN5OS/c1-2-26-18-10-9-15(13-17(18)20)14-21-11-6-12-27-19-22-23-24-25(19)16-7-4-3-5-8-16/h3-5,7-10,13,21H,2,6,11-12,14H2,1H3. The molecule has 0 aliphatic rings. The van der Waals surface area contributed by atoms with E-state index < -0.39 is 0 Å². The van der Waals surface area contributed by atoms with E-state index in [1.54, 1.807) is 16.4 Å². The van der Waals surface area contributed by atoms with Crippen molar-refractivity contribution in [3.8, 4) is 11.4 Å². The summed E-state index contributed by atoms with van der Waals surface area (Å²) in [5.74, 6) is 1.67. The number of tetrazole rings is 1. The molecular weight excluding hydrogens is 382 g/mol. The number of halogens is 1. The van der Waals surface area contributed by atoms with Crippen molar-refractivity contribution in [2.45, 2.75) is 25.0 Å². The van der Waals surface area contributed by atoms with Crippen LogP contribution in [0.5, 0.6) is 5.75 Å². The highest BCUT2D eigenvalue weighted by Crippen LogP contribution is 2.25. The molecule has 1 heterocycles. The molecule has 0 saturated heterocycles. The highest BCUT2D eigenvalue weighted by atomic mass is 35.5. The van der Waals surface area contributed by atoms with Gasteiger partial charge in [-0.1, -0.05) is 47.6 Å². The lowest BCUT2D eigenvalue weighted by Crippen LogP contribution is -2.15. The molecule has 2 aromatic carbocycles. The van der Waals surface area contributed by atoms with Crippen molar-refractivity contribution < 1.29 is 4.74 Å². The van der Waals surface area contributed by atoms with Gasteiger partial charge in [-0.15, -0.1) is 5.10 Å². The molecule has 1 N–H and O–H groups in total. The zero-order valence-corrected chi connectivity index (χ0v) is 16.7. The van der Waals surface area contributed by atoms with Gasteiger partial charge >= 0.3 is 0 Å². The summed E-state index contributed by atoms with van der Waals surface area (Å²) in [6, 6.07) is 15.8. The van der Waals surface area contributed by atoms with E-state index in [2.05, 4.69) is 20.8 Å². The summed E-state index contributed by atoms with van der Waals surface area (Å²) in [6.07, 6.45) is 1.01. The van der Waals surface area contributed by atoms with Gasteiger partial charge in [-0.05, 0) is 60.1 Å². The summed E-state index contributed by atoms with van der Waals surface area (Å²) in [4.78, 5) is 0. The largest absolute Gasteiger partial charge is 0.492 e. The smallest absolute Gasteiger partial charge is 0.214 e. The fourth-order valence-electron chi connectivity index (χ4n) is 2.52. The molecule has 0 spiro atoms. The van der Waals surface area contributed by atoms with Crippen LogP contribution in [0.4, 0.5) is 0 Å². The number of para-hydroxylation sites is 1.